The Hall–Kier alpha value is -2.71. The van der Waals surface area contributed by atoms with Gasteiger partial charge in [0.25, 0.3) is 5.91 Å². The van der Waals surface area contributed by atoms with Crippen molar-refractivity contribution in [3.63, 3.8) is 0 Å². The number of amides is 1. The lowest BCUT2D eigenvalue weighted by molar-refractivity contribution is -0.125. The fraction of sp³-hybridized carbons (Fsp3) is 0.333. The standard InChI is InChI=1S/C21H26N2O5S/c1-4-9-19(16-10-6-5-7-11-16)22-20(24)15-28-21(25)17-12-8-13-18(14-17)29(26,27)23(2)3/h5-8,10-14,19H,4,9,15H2,1-3H3,(H,22,24)/t19-/m1/s1. The number of benzene rings is 2. The predicted octanol–water partition coefficient (Wildman–Crippen LogP) is 2.75. The molecule has 7 nitrogen and oxygen atoms in total. The van der Waals surface area contributed by atoms with Crippen LogP contribution in [0.5, 0.6) is 0 Å². The van der Waals surface area contributed by atoms with E-state index in [2.05, 4.69) is 5.32 Å². The van der Waals surface area contributed by atoms with Crippen LogP contribution in [0.25, 0.3) is 0 Å². The van der Waals surface area contributed by atoms with Crippen LogP contribution in [-0.4, -0.2) is 45.3 Å². The summed E-state index contributed by atoms with van der Waals surface area (Å²) in [5, 5.41) is 2.87. The second-order valence-electron chi connectivity index (χ2n) is 6.71. The first-order valence-corrected chi connectivity index (χ1v) is 10.7. The summed E-state index contributed by atoms with van der Waals surface area (Å²) < 4.78 is 30.5. The summed E-state index contributed by atoms with van der Waals surface area (Å²) in [4.78, 5) is 24.5. The van der Waals surface area contributed by atoms with E-state index >= 15 is 0 Å². The van der Waals surface area contributed by atoms with E-state index in [1.54, 1.807) is 0 Å². The van der Waals surface area contributed by atoms with Gasteiger partial charge >= 0.3 is 5.97 Å². The molecule has 0 spiro atoms. The third kappa shape index (κ3) is 6.13. The van der Waals surface area contributed by atoms with Crippen molar-refractivity contribution in [2.75, 3.05) is 20.7 Å². The molecule has 2 aromatic carbocycles. The molecule has 0 fully saturated rings. The molecule has 0 heterocycles. The second-order valence-corrected chi connectivity index (χ2v) is 8.86. The second kappa shape index (κ2) is 10.2. The smallest absolute Gasteiger partial charge is 0.338 e. The molecule has 8 heteroatoms. The van der Waals surface area contributed by atoms with Crippen molar-refractivity contribution in [1.29, 1.82) is 0 Å². The SMILES string of the molecule is CCC[C@@H](NC(=O)COC(=O)c1cccc(S(=O)(=O)N(C)C)c1)c1ccccc1. The van der Waals surface area contributed by atoms with E-state index in [4.69, 9.17) is 4.74 Å². The van der Waals surface area contributed by atoms with E-state index in [0.717, 1.165) is 22.7 Å². The van der Waals surface area contributed by atoms with Gasteiger partial charge in [0.05, 0.1) is 16.5 Å². The minimum atomic E-state index is -3.67. The Kier molecular flexibility index (Phi) is 7.92. The molecule has 2 aromatic rings. The molecule has 1 atom stereocenters. The summed E-state index contributed by atoms with van der Waals surface area (Å²) in [5.41, 5.74) is 1.05. The first-order chi connectivity index (χ1) is 13.8. The van der Waals surface area contributed by atoms with Gasteiger partial charge in [-0.15, -0.1) is 0 Å². The van der Waals surface area contributed by atoms with E-state index in [1.807, 2.05) is 37.3 Å². The zero-order chi connectivity index (χ0) is 21.4. The maximum Gasteiger partial charge on any atom is 0.338 e. The van der Waals surface area contributed by atoms with Crippen LogP contribution in [0.1, 0.15) is 41.7 Å². The van der Waals surface area contributed by atoms with Gasteiger partial charge < -0.3 is 10.1 Å². The number of nitrogens with zero attached hydrogens (tertiary/aromatic N) is 1. The normalized spacial score (nSPS) is 12.4. The van der Waals surface area contributed by atoms with Gasteiger partial charge in [-0.1, -0.05) is 49.7 Å². The van der Waals surface area contributed by atoms with Crippen LogP contribution in [0.15, 0.2) is 59.5 Å². The van der Waals surface area contributed by atoms with Crippen LogP contribution < -0.4 is 5.32 Å². The molecule has 156 valence electrons. The Bertz CT molecular complexity index is 943. The average Bonchev–Trinajstić information content (AvgIpc) is 2.72. The van der Waals surface area contributed by atoms with Crippen molar-refractivity contribution in [2.45, 2.75) is 30.7 Å². The van der Waals surface area contributed by atoms with Crippen molar-refractivity contribution in [3.05, 3.63) is 65.7 Å². The zero-order valence-corrected chi connectivity index (χ0v) is 17.6. The molecule has 0 aliphatic carbocycles. The predicted molar refractivity (Wildman–Crippen MR) is 110 cm³/mol. The summed E-state index contributed by atoms with van der Waals surface area (Å²) in [7, 11) is -0.857. The Morgan fingerprint density at radius 1 is 1.07 bits per heavy atom. The maximum absolute atomic E-state index is 12.3. The number of hydrogen-bond acceptors (Lipinski definition) is 5. The zero-order valence-electron chi connectivity index (χ0n) is 16.8. The first kappa shape index (κ1) is 22.6. The quantitative estimate of drug-likeness (QED) is 0.632. The van der Waals surface area contributed by atoms with E-state index < -0.39 is 28.5 Å². The third-order valence-corrected chi connectivity index (χ3v) is 6.11. The van der Waals surface area contributed by atoms with Crippen molar-refractivity contribution in [2.24, 2.45) is 0 Å². The Balaban J connectivity index is 2.00. The Labute approximate surface area is 171 Å². The first-order valence-electron chi connectivity index (χ1n) is 9.29. The molecule has 0 aliphatic rings. The fourth-order valence-corrected chi connectivity index (χ4v) is 3.69. The number of esters is 1. The minimum absolute atomic E-state index is 0.0199. The van der Waals surface area contributed by atoms with E-state index in [0.29, 0.717) is 0 Å². The molecular weight excluding hydrogens is 392 g/mol. The summed E-state index contributed by atoms with van der Waals surface area (Å²) in [6.07, 6.45) is 1.64. The molecular formula is C21H26N2O5S. The van der Waals surface area contributed by atoms with Gasteiger partial charge in [0, 0.05) is 14.1 Å². The number of nitrogens with one attached hydrogen (secondary N) is 1. The number of sulfonamides is 1. The highest BCUT2D eigenvalue weighted by atomic mass is 32.2. The molecule has 2 rings (SSSR count). The van der Waals surface area contributed by atoms with Gasteiger partial charge in [-0.25, -0.2) is 17.5 Å². The van der Waals surface area contributed by atoms with E-state index in [1.165, 1.54) is 38.4 Å². The third-order valence-electron chi connectivity index (χ3n) is 4.30. The highest BCUT2D eigenvalue weighted by Crippen LogP contribution is 2.18. The molecule has 0 aromatic heterocycles. The topological polar surface area (TPSA) is 92.8 Å². The molecule has 1 N–H and O–H groups in total. The van der Waals surface area contributed by atoms with Crippen molar-refractivity contribution in [1.82, 2.24) is 9.62 Å². The molecule has 0 radical (unpaired) electrons. The van der Waals surface area contributed by atoms with Crippen LogP contribution >= 0.6 is 0 Å². The van der Waals surface area contributed by atoms with Gasteiger partial charge in [-0.3, -0.25) is 4.79 Å². The molecule has 29 heavy (non-hydrogen) atoms. The van der Waals surface area contributed by atoms with Crippen LogP contribution in [0.2, 0.25) is 0 Å². The maximum atomic E-state index is 12.3. The van der Waals surface area contributed by atoms with Gasteiger partial charge in [-0.05, 0) is 30.2 Å². The molecule has 0 bridgehead atoms. The van der Waals surface area contributed by atoms with Crippen molar-refractivity contribution in [3.8, 4) is 0 Å². The molecule has 0 aliphatic heterocycles. The van der Waals surface area contributed by atoms with Gasteiger partial charge in [0.1, 0.15) is 0 Å². The van der Waals surface area contributed by atoms with Gasteiger partial charge in [0.15, 0.2) is 6.61 Å². The van der Waals surface area contributed by atoms with E-state index in [9.17, 15) is 18.0 Å². The lowest BCUT2D eigenvalue weighted by Gasteiger charge is -2.18. The van der Waals surface area contributed by atoms with E-state index in [-0.39, 0.29) is 16.5 Å². The summed E-state index contributed by atoms with van der Waals surface area (Å²) in [5.74, 6) is -1.18. The van der Waals surface area contributed by atoms with Crippen LogP contribution in [-0.2, 0) is 19.6 Å². The monoisotopic (exact) mass is 418 g/mol. The van der Waals surface area contributed by atoms with Crippen LogP contribution in [0.3, 0.4) is 0 Å². The number of carbonyl (C=O) groups excluding carboxylic acids is 2. The highest BCUT2D eigenvalue weighted by molar-refractivity contribution is 7.89. The number of ether oxygens (including phenoxy) is 1. The minimum Gasteiger partial charge on any atom is -0.452 e. The van der Waals surface area contributed by atoms with Gasteiger partial charge in [0.2, 0.25) is 10.0 Å². The molecule has 1 amide bonds. The lowest BCUT2D eigenvalue weighted by atomic mass is 10.0. The van der Waals surface area contributed by atoms with Crippen molar-refractivity contribution < 1.29 is 22.7 Å². The van der Waals surface area contributed by atoms with Gasteiger partial charge in [-0.2, -0.15) is 0 Å². The number of carbonyl (C=O) groups is 2. The Morgan fingerprint density at radius 3 is 2.38 bits per heavy atom. The number of hydrogen-bond donors (Lipinski definition) is 1. The van der Waals surface area contributed by atoms with Crippen LogP contribution in [0, 0.1) is 0 Å². The lowest BCUT2D eigenvalue weighted by Crippen LogP contribution is -2.32. The molecule has 0 unspecified atom stereocenters. The summed E-state index contributed by atoms with van der Waals surface area (Å²) in [6, 6.07) is 14.9. The summed E-state index contributed by atoms with van der Waals surface area (Å²) in [6.45, 7) is 1.58. The number of rotatable bonds is 9. The summed E-state index contributed by atoms with van der Waals surface area (Å²) >= 11 is 0. The molecule has 0 saturated carbocycles. The Morgan fingerprint density at radius 2 is 1.76 bits per heavy atom. The molecule has 0 saturated heterocycles. The van der Waals surface area contributed by atoms with Crippen molar-refractivity contribution >= 4 is 21.9 Å². The average molecular weight is 419 g/mol. The fourth-order valence-electron chi connectivity index (χ4n) is 2.74. The van der Waals surface area contributed by atoms with Crippen LogP contribution in [0.4, 0.5) is 0 Å². The highest BCUT2D eigenvalue weighted by Gasteiger charge is 2.20. The largest absolute Gasteiger partial charge is 0.452 e.